The van der Waals surface area contributed by atoms with E-state index in [1.165, 1.54) is 0 Å². The molecule has 1 heterocycles. The molecule has 0 fully saturated rings. The quantitative estimate of drug-likeness (QED) is 0.788. The summed E-state index contributed by atoms with van der Waals surface area (Å²) in [5, 5.41) is 0. The van der Waals surface area contributed by atoms with E-state index >= 15 is 0 Å². The molecule has 0 aliphatic heterocycles. The minimum Gasteiger partial charge on any atom is -0.371 e. The molecule has 5 nitrogen and oxygen atoms in total. The highest BCUT2D eigenvalue weighted by atomic mass is 16.1. The molecule has 0 aromatic carbocycles. The number of pyridine rings is 1. The van der Waals surface area contributed by atoms with Crippen LogP contribution in [-0.2, 0) is 0 Å². The fraction of sp³-hybridized carbons (Fsp3) is 0.538. The standard InChI is InChI=1S/C13H22N4O/c1-4-17(9-13(2,3)8-14)10-5-6-16-11(7-10)12(15)18/h5-7H,4,8-9,14H2,1-3H3,(H2,15,18). The fourth-order valence-electron chi connectivity index (χ4n) is 1.72. The summed E-state index contributed by atoms with van der Waals surface area (Å²) in [5.74, 6) is -0.508. The molecule has 1 amide bonds. The van der Waals surface area contributed by atoms with Crippen LogP contribution < -0.4 is 16.4 Å². The van der Waals surface area contributed by atoms with Crippen molar-refractivity contribution in [3.05, 3.63) is 24.0 Å². The number of primary amides is 1. The van der Waals surface area contributed by atoms with E-state index in [-0.39, 0.29) is 11.1 Å². The Balaban J connectivity index is 2.95. The lowest BCUT2D eigenvalue weighted by molar-refractivity contribution is 0.0995. The molecule has 100 valence electrons. The zero-order chi connectivity index (χ0) is 13.8. The number of hydrogen-bond acceptors (Lipinski definition) is 4. The van der Waals surface area contributed by atoms with Gasteiger partial charge in [-0.25, -0.2) is 0 Å². The number of carbonyl (C=O) groups is 1. The Kier molecular flexibility index (Phi) is 4.67. The summed E-state index contributed by atoms with van der Waals surface area (Å²) in [6.45, 7) is 8.57. The molecule has 1 aromatic heterocycles. The number of anilines is 1. The van der Waals surface area contributed by atoms with Crippen LogP contribution in [0.3, 0.4) is 0 Å². The van der Waals surface area contributed by atoms with Gasteiger partial charge in [-0.2, -0.15) is 0 Å². The van der Waals surface area contributed by atoms with E-state index in [9.17, 15) is 4.79 Å². The van der Waals surface area contributed by atoms with Gasteiger partial charge < -0.3 is 16.4 Å². The van der Waals surface area contributed by atoms with Crippen LogP contribution in [0.25, 0.3) is 0 Å². The van der Waals surface area contributed by atoms with E-state index in [0.717, 1.165) is 18.8 Å². The predicted octanol–water partition coefficient (Wildman–Crippen LogP) is 0.992. The maximum Gasteiger partial charge on any atom is 0.267 e. The molecular formula is C13H22N4O. The van der Waals surface area contributed by atoms with Gasteiger partial charge in [0.15, 0.2) is 0 Å². The molecule has 18 heavy (non-hydrogen) atoms. The molecule has 0 aliphatic rings. The van der Waals surface area contributed by atoms with Crippen LogP contribution in [0.1, 0.15) is 31.3 Å². The van der Waals surface area contributed by atoms with Crippen LogP contribution in [0, 0.1) is 5.41 Å². The summed E-state index contributed by atoms with van der Waals surface area (Å²) < 4.78 is 0. The van der Waals surface area contributed by atoms with Crippen LogP contribution in [0.5, 0.6) is 0 Å². The lowest BCUT2D eigenvalue weighted by Crippen LogP contribution is -2.38. The van der Waals surface area contributed by atoms with Crippen LogP contribution in [0.15, 0.2) is 18.3 Å². The summed E-state index contributed by atoms with van der Waals surface area (Å²) in [5.41, 5.74) is 12.2. The summed E-state index contributed by atoms with van der Waals surface area (Å²) >= 11 is 0. The van der Waals surface area contributed by atoms with Crippen LogP contribution >= 0.6 is 0 Å². The molecule has 0 radical (unpaired) electrons. The normalized spacial score (nSPS) is 11.3. The van der Waals surface area contributed by atoms with Crippen molar-refractivity contribution in [1.29, 1.82) is 0 Å². The average Bonchev–Trinajstić information content (AvgIpc) is 2.36. The number of amides is 1. The zero-order valence-electron chi connectivity index (χ0n) is 11.3. The first-order valence-corrected chi connectivity index (χ1v) is 6.10. The Bertz CT molecular complexity index is 417. The van der Waals surface area contributed by atoms with Gasteiger partial charge in [0.2, 0.25) is 0 Å². The Labute approximate surface area is 108 Å². The third-order valence-electron chi connectivity index (χ3n) is 2.91. The van der Waals surface area contributed by atoms with Gasteiger partial charge in [-0.1, -0.05) is 13.8 Å². The number of aromatic nitrogens is 1. The van der Waals surface area contributed by atoms with Crippen molar-refractivity contribution in [3.63, 3.8) is 0 Å². The molecule has 0 unspecified atom stereocenters. The van der Waals surface area contributed by atoms with Crippen molar-refractivity contribution in [2.45, 2.75) is 20.8 Å². The van der Waals surface area contributed by atoms with Crippen molar-refractivity contribution in [2.75, 3.05) is 24.5 Å². The highest BCUT2D eigenvalue weighted by molar-refractivity contribution is 5.91. The number of rotatable bonds is 6. The smallest absolute Gasteiger partial charge is 0.267 e. The maximum atomic E-state index is 11.1. The lowest BCUT2D eigenvalue weighted by atomic mass is 9.93. The first kappa shape index (κ1) is 14.4. The van der Waals surface area contributed by atoms with Crippen molar-refractivity contribution in [2.24, 2.45) is 16.9 Å². The van der Waals surface area contributed by atoms with E-state index < -0.39 is 5.91 Å². The number of nitrogens with two attached hydrogens (primary N) is 2. The van der Waals surface area contributed by atoms with Crippen LogP contribution in [-0.4, -0.2) is 30.5 Å². The Morgan fingerprint density at radius 3 is 2.67 bits per heavy atom. The molecule has 0 spiro atoms. The van der Waals surface area contributed by atoms with Crippen LogP contribution in [0.2, 0.25) is 0 Å². The second-order valence-electron chi connectivity index (χ2n) is 5.15. The SMILES string of the molecule is CCN(CC(C)(C)CN)c1ccnc(C(N)=O)c1. The molecule has 0 bridgehead atoms. The number of hydrogen-bond donors (Lipinski definition) is 2. The molecule has 0 aliphatic carbocycles. The van der Waals surface area contributed by atoms with E-state index in [4.69, 9.17) is 11.5 Å². The minimum absolute atomic E-state index is 0.0200. The highest BCUT2D eigenvalue weighted by Gasteiger charge is 2.20. The molecule has 4 N–H and O–H groups in total. The highest BCUT2D eigenvalue weighted by Crippen LogP contribution is 2.21. The first-order chi connectivity index (χ1) is 8.39. The zero-order valence-corrected chi connectivity index (χ0v) is 11.3. The minimum atomic E-state index is -0.508. The van der Waals surface area contributed by atoms with Crippen molar-refractivity contribution in [3.8, 4) is 0 Å². The number of carbonyl (C=O) groups excluding carboxylic acids is 1. The van der Waals surface area contributed by atoms with Gasteiger partial charge in [-0.05, 0) is 31.0 Å². The molecule has 1 rings (SSSR count). The Hall–Kier alpha value is -1.62. The van der Waals surface area contributed by atoms with E-state index in [1.54, 1.807) is 12.3 Å². The lowest BCUT2D eigenvalue weighted by Gasteiger charge is -2.32. The molecule has 0 atom stereocenters. The van der Waals surface area contributed by atoms with E-state index in [0.29, 0.717) is 6.54 Å². The van der Waals surface area contributed by atoms with Gasteiger partial charge in [0.25, 0.3) is 5.91 Å². The third-order valence-corrected chi connectivity index (χ3v) is 2.91. The Morgan fingerprint density at radius 1 is 1.50 bits per heavy atom. The average molecular weight is 250 g/mol. The van der Waals surface area contributed by atoms with Gasteiger partial charge in [0, 0.05) is 25.0 Å². The third kappa shape index (κ3) is 3.70. The van der Waals surface area contributed by atoms with Gasteiger partial charge in [-0.3, -0.25) is 9.78 Å². The van der Waals surface area contributed by atoms with E-state index in [1.807, 2.05) is 6.07 Å². The van der Waals surface area contributed by atoms with Gasteiger partial charge in [0.05, 0.1) is 0 Å². The molecule has 1 aromatic rings. The second-order valence-corrected chi connectivity index (χ2v) is 5.15. The summed E-state index contributed by atoms with van der Waals surface area (Å²) in [4.78, 5) is 17.2. The Morgan fingerprint density at radius 2 is 2.17 bits per heavy atom. The number of nitrogens with zero attached hydrogens (tertiary/aromatic N) is 2. The van der Waals surface area contributed by atoms with Crippen molar-refractivity contribution < 1.29 is 4.79 Å². The van der Waals surface area contributed by atoms with Gasteiger partial charge >= 0.3 is 0 Å². The monoisotopic (exact) mass is 250 g/mol. The second kappa shape index (κ2) is 5.82. The maximum absolute atomic E-state index is 11.1. The summed E-state index contributed by atoms with van der Waals surface area (Å²) in [6.07, 6.45) is 1.60. The first-order valence-electron chi connectivity index (χ1n) is 6.10. The summed E-state index contributed by atoms with van der Waals surface area (Å²) in [6, 6.07) is 3.60. The topological polar surface area (TPSA) is 85.2 Å². The van der Waals surface area contributed by atoms with Crippen molar-refractivity contribution >= 4 is 11.6 Å². The van der Waals surface area contributed by atoms with Crippen molar-refractivity contribution in [1.82, 2.24) is 4.98 Å². The molecule has 0 saturated heterocycles. The molecular weight excluding hydrogens is 228 g/mol. The fourth-order valence-corrected chi connectivity index (χ4v) is 1.72. The van der Waals surface area contributed by atoms with Crippen LogP contribution in [0.4, 0.5) is 5.69 Å². The summed E-state index contributed by atoms with van der Waals surface area (Å²) in [7, 11) is 0. The van der Waals surface area contributed by atoms with E-state index in [2.05, 4.69) is 30.7 Å². The predicted molar refractivity (Wildman–Crippen MR) is 73.5 cm³/mol. The molecule has 0 saturated carbocycles. The van der Waals surface area contributed by atoms with Gasteiger partial charge in [-0.15, -0.1) is 0 Å². The largest absolute Gasteiger partial charge is 0.371 e. The van der Waals surface area contributed by atoms with Gasteiger partial charge in [0.1, 0.15) is 5.69 Å². The molecule has 5 heteroatoms.